The molecule has 0 radical (unpaired) electrons. The molecule has 0 saturated carbocycles. The highest BCUT2D eigenvalue weighted by molar-refractivity contribution is 5.93. The van der Waals surface area contributed by atoms with Crippen molar-refractivity contribution < 1.29 is 4.79 Å². The molecule has 1 aliphatic rings. The molecule has 3 nitrogen and oxygen atoms in total. The van der Waals surface area contributed by atoms with Crippen LogP contribution in [0.4, 0.5) is 0 Å². The Morgan fingerprint density at radius 3 is 2.56 bits per heavy atom. The van der Waals surface area contributed by atoms with Gasteiger partial charge in [-0.1, -0.05) is 18.2 Å². The summed E-state index contributed by atoms with van der Waals surface area (Å²) < 4.78 is 0. The third-order valence-corrected chi connectivity index (χ3v) is 3.53. The van der Waals surface area contributed by atoms with Crippen LogP contribution in [0, 0.1) is 0 Å². The van der Waals surface area contributed by atoms with Crippen LogP contribution in [0.3, 0.4) is 0 Å². The van der Waals surface area contributed by atoms with Crippen LogP contribution in [-0.4, -0.2) is 48.9 Å². The maximum atomic E-state index is 12.1. The number of nitrogens with zero attached hydrogens (tertiary/aromatic N) is 2. The molecule has 1 aromatic carbocycles. The normalized spacial score (nSPS) is 15.8. The highest BCUT2D eigenvalue weighted by Crippen LogP contribution is 2.08. The van der Waals surface area contributed by atoms with E-state index in [1.807, 2.05) is 42.3 Å². The molecule has 0 bridgehead atoms. The van der Waals surface area contributed by atoms with Crippen LogP contribution >= 0.6 is 0 Å². The van der Waals surface area contributed by atoms with Crippen LogP contribution in [-0.2, 0) is 0 Å². The second-order valence-corrected chi connectivity index (χ2v) is 5.00. The lowest BCUT2D eigenvalue weighted by molar-refractivity contribution is 0.0789. The fraction of sp³-hybridized carbons (Fsp3) is 0.533. The minimum Gasteiger partial charge on any atom is -0.342 e. The summed E-state index contributed by atoms with van der Waals surface area (Å²) >= 11 is 0. The van der Waals surface area contributed by atoms with Gasteiger partial charge in [-0.25, -0.2) is 0 Å². The van der Waals surface area contributed by atoms with Gasteiger partial charge < -0.3 is 9.80 Å². The number of hydrogen-bond donors (Lipinski definition) is 0. The van der Waals surface area contributed by atoms with E-state index in [1.165, 1.54) is 25.9 Å². The standard InChI is InChI=1S/C15H22N2O/c1-16(10-7-13-17-11-5-6-12-17)15(18)14-8-3-2-4-9-14/h2-4,8-9H,5-7,10-13H2,1H3. The predicted octanol–water partition coefficient (Wildman–Crippen LogP) is 2.24. The van der Waals surface area contributed by atoms with E-state index in [2.05, 4.69) is 4.90 Å². The fourth-order valence-electron chi connectivity index (χ4n) is 2.44. The van der Waals surface area contributed by atoms with Gasteiger partial charge in [-0.15, -0.1) is 0 Å². The van der Waals surface area contributed by atoms with Gasteiger partial charge in [0.25, 0.3) is 5.91 Å². The van der Waals surface area contributed by atoms with E-state index in [-0.39, 0.29) is 5.91 Å². The number of hydrogen-bond acceptors (Lipinski definition) is 2. The summed E-state index contributed by atoms with van der Waals surface area (Å²) in [5.74, 6) is 0.122. The summed E-state index contributed by atoms with van der Waals surface area (Å²) in [6.45, 7) is 4.42. The van der Waals surface area contributed by atoms with Gasteiger partial charge >= 0.3 is 0 Å². The van der Waals surface area contributed by atoms with Crippen molar-refractivity contribution in [3.8, 4) is 0 Å². The van der Waals surface area contributed by atoms with Crippen molar-refractivity contribution in [2.75, 3.05) is 33.2 Å². The molecule has 1 aliphatic heterocycles. The molecular weight excluding hydrogens is 224 g/mol. The van der Waals surface area contributed by atoms with Gasteiger partial charge in [0, 0.05) is 19.2 Å². The minimum absolute atomic E-state index is 0.122. The lowest BCUT2D eigenvalue weighted by atomic mass is 10.2. The number of rotatable bonds is 5. The van der Waals surface area contributed by atoms with Crippen molar-refractivity contribution in [3.63, 3.8) is 0 Å². The van der Waals surface area contributed by atoms with E-state index < -0.39 is 0 Å². The van der Waals surface area contributed by atoms with Crippen molar-refractivity contribution in [3.05, 3.63) is 35.9 Å². The lowest BCUT2D eigenvalue weighted by Crippen LogP contribution is -2.30. The van der Waals surface area contributed by atoms with Gasteiger partial charge in [-0.3, -0.25) is 4.79 Å². The molecule has 0 aromatic heterocycles. The maximum absolute atomic E-state index is 12.1. The molecule has 98 valence electrons. The molecule has 1 fully saturated rings. The van der Waals surface area contributed by atoms with Gasteiger partial charge in [0.1, 0.15) is 0 Å². The zero-order valence-corrected chi connectivity index (χ0v) is 11.1. The van der Waals surface area contributed by atoms with Gasteiger partial charge in [0.2, 0.25) is 0 Å². The molecule has 1 aromatic rings. The minimum atomic E-state index is 0.122. The van der Waals surface area contributed by atoms with E-state index >= 15 is 0 Å². The lowest BCUT2D eigenvalue weighted by Gasteiger charge is -2.20. The molecule has 2 rings (SSSR count). The zero-order chi connectivity index (χ0) is 12.8. The Bertz CT molecular complexity index is 371. The highest BCUT2D eigenvalue weighted by atomic mass is 16.2. The Hall–Kier alpha value is -1.35. The van der Waals surface area contributed by atoms with Crippen LogP contribution in [0.25, 0.3) is 0 Å². The number of likely N-dealkylation sites (tertiary alicyclic amines) is 1. The second kappa shape index (κ2) is 6.55. The Kier molecular flexibility index (Phi) is 4.76. The number of carbonyl (C=O) groups excluding carboxylic acids is 1. The van der Waals surface area contributed by atoms with Crippen LogP contribution in [0.5, 0.6) is 0 Å². The first-order valence-electron chi connectivity index (χ1n) is 6.80. The molecule has 1 heterocycles. The molecule has 3 heteroatoms. The first-order valence-corrected chi connectivity index (χ1v) is 6.80. The van der Waals surface area contributed by atoms with Crippen molar-refractivity contribution in [2.24, 2.45) is 0 Å². The SMILES string of the molecule is CN(CCCN1CCCC1)C(=O)c1ccccc1. The summed E-state index contributed by atoms with van der Waals surface area (Å²) in [5.41, 5.74) is 0.779. The summed E-state index contributed by atoms with van der Waals surface area (Å²) in [6.07, 6.45) is 3.73. The monoisotopic (exact) mass is 246 g/mol. The van der Waals surface area contributed by atoms with Crippen molar-refractivity contribution in [1.29, 1.82) is 0 Å². The Labute approximate surface area is 109 Å². The van der Waals surface area contributed by atoms with Crippen LogP contribution in [0.2, 0.25) is 0 Å². The van der Waals surface area contributed by atoms with Crippen molar-refractivity contribution >= 4 is 5.91 Å². The Balaban J connectivity index is 1.74. The zero-order valence-electron chi connectivity index (χ0n) is 11.1. The highest BCUT2D eigenvalue weighted by Gasteiger charge is 2.13. The number of carbonyl (C=O) groups is 1. The molecular formula is C15H22N2O. The molecule has 0 aliphatic carbocycles. The molecule has 1 saturated heterocycles. The van der Waals surface area contributed by atoms with Gasteiger partial charge in [-0.2, -0.15) is 0 Å². The van der Waals surface area contributed by atoms with Crippen molar-refractivity contribution in [1.82, 2.24) is 9.80 Å². The Morgan fingerprint density at radius 2 is 1.89 bits per heavy atom. The average molecular weight is 246 g/mol. The second-order valence-electron chi connectivity index (χ2n) is 5.00. The van der Waals surface area contributed by atoms with E-state index in [0.29, 0.717) is 0 Å². The van der Waals surface area contributed by atoms with Crippen LogP contribution < -0.4 is 0 Å². The summed E-state index contributed by atoms with van der Waals surface area (Å²) in [7, 11) is 1.89. The third-order valence-electron chi connectivity index (χ3n) is 3.53. The summed E-state index contributed by atoms with van der Waals surface area (Å²) in [4.78, 5) is 16.4. The largest absolute Gasteiger partial charge is 0.342 e. The van der Waals surface area contributed by atoms with E-state index in [0.717, 1.165) is 25.1 Å². The first kappa shape index (κ1) is 13.1. The van der Waals surface area contributed by atoms with E-state index in [1.54, 1.807) is 0 Å². The molecule has 1 amide bonds. The molecule has 0 N–H and O–H groups in total. The summed E-state index contributed by atoms with van der Waals surface area (Å²) in [5, 5.41) is 0. The fourth-order valence-corrected chi connectivity index (χ4v) is 2.44. The molecule has 0 unspecified atom stereocenters. The molecule has 0 spiro atoms. The maximum Gasteiger partial charge on any atom is 0.253 e. The predicted molar refractivity (Wildman–Crippen MR) is 73.7 cm³/mol. The molecule has 18 heavy (non-hydrogen) atoms. The summed E-state index contributed by atoms with van der Waals surface area (Å²) in [6, 6.07) is 9.50. The van der Waals surface area contributed by atoms with Gasteiger partial charge in [0.05, 0.1) is 0 Å². The first-order chi connectivity index (χ1) is 8.77. The van der Waals surface area contributed by atoms with E-state index in [4.69, 9.17) is 0 Å². The topological polar surface area (TPSA) is 23.6 Å². The van der Waals surface area contributed by atoms with Crippen molar-refractivity contribution in [2.45, 2.75) is 19.3 Å². The van der Waals surface area contributed by atoms with Gasteiger partial charge in [-0.05, 0) is 51.0 Å². The molecule has 0 atom stereocenters. The Morgan fingerprint density at radius 1 is 1.22 bits per heavy atom. The van der Waals surface area contributed by atoms with Gasteiger partial charge in [0.15, 0.2) is 0 Å². The van der Waals surface area contributed by atoms with E-state index in [9.17, 15) is 4.79 Å². The smallest absolute Gasteiger partial charge is 0.253 e. The average Bonchev–Trinajstić information content (AvgIpc) is 2.92. The third kappa shape index (κ3) is 3.57. The number of benzene rings is 1. The number of amides is 1. The van der Waals surface area contributed by atoms with Crippen LogP contribution in [0.15, 0.2) is 30.3 Å². The van der Waals surface area contributed by atoms with Crippen LogP contribution in [0.1, 0.15) is 29.6 Å². The quantitative estimate of drug-likeness (QED) is 0.795.